The molecule has 5 rings (SSSR count). The van der Waals surface area contributed by atoms with Gasteiger partial charge in [-0.05, 0) is 48.7 Å². The van der Waals surface area contributed by atoms with Crippen molar-refractivity contribution in [1.29, 1.82) is 0 Å². The summed E-state index contributed by atoms with van der Waals surface area (Å²) in [4.78, 5) is 8.09. The van der Waals surface area contributed by atoms with Gasteiger partial charge >= 0.3 is 0 Å². The molecule has 2 aromatic carbocycles. The number of nitrogens with one attached hydrogen (secondary N) is 1. The second-order valence-electron chi connectivity index (χ2n) is 7.21. The summed E-state index contributed by atoms with van der Waals surface area (Å²) >= 11 is 0. The zero-order valence-electron chi connectivity index (χ0n) is 16.7. The van der Waals surface area contributed by atoms with E-state index < -0.39 is 0 Å². The molecule has 0 aliphatic carbocycles. The molecule has 150 valence electrons. The smallest absolute Gasteiger partial charge is 0.195 e. The number of aromatic nitrogens is 2. The van der Waals surface area contributed by atoms with Crippen LogP contribution >= 0.6 is 0 Å². The van der Waals surface area contributed by atoms with E-state index in [2.05, 4.69) is 29.4 Å². The lowest BCUT2D eigenvalue weighted by Crippen LogP contribution is -1.89. The first kappa shape index (κ1) is 18.3. The summed E-state index contributed by atoms with van der Waals surface area (Å²) in [7, 11) is 1.66. The Hall–Kier alpha value is -3.73. The fourth-order valence-corrected chi connectivity index (χ4v) is 3.78. The number of rotatable bonds is 7. The SMILES string of the molecule is COc1cccc(-c2oc(CCCc3c[nH]c4ccccc34)nc2-c2ccco2)c1. The van der Waals surface area contributed by atoms with Gasteiger partial charge in [-0.2, -0.15) is 0 Å². The third-order valence-corrected chi connectivity index (χ3v) is 5.27. The quantitative estimate of drug-likeness (QED) is 0.351. The Labute approximate surface area is 174 Å². The zero-order chi connectivity index (χ0) is 20.3. The number of furan rings is 1. The lowest BCUT2D eigenvalue weighted by atomic mass is 10.1. The molecule has 0 fully saturated rings. The Morgan fingerprint density at radius 1 is 1.00 bits per heavy atom. The number of H-pyrrole nitrogens is 1. The molecular formula is C25H22N2O3. The fourth-order valence-electron chi connectivity index (χ4n) is 3.78. The molecule has 3 heterocycles. The summed E-state index contributed by atoms with van der Waals surface area (Å²) < 4.78 is 17.2. The van der Waals surface area contributed by atoms with Gasteiger partial charge in [0.1, 0.15) is 5.75 Å². The van der Waals surface area contributed by atoms with Crippen molar-refractivity contribution < 1.29 is 13.6 Å². The Balaban J connectivity index is 1.40. The van der Waals surface area contributed by atoms with Crippen LogP contribution in [-0.2, 0) is 12.8 Å². The van der Waals surface area contributed by atoms with Gasteiger partial charge in [-0.15, -0.1) is 0 Å². The van der Waals surface area contributed by atoms with Crippen LogP contribution in [0, 0.1) is 0 Å². The summed E-state index contributed by atoms with van der Waals surface area (Å²) in [5.74, 6) is 2.87. The van der Waals surface area contributed by atoms with E-state index in [1.165, 1.54) is 16.5 Å². The van der Waals surface area contributed by atoms with Crippen molar-refractivity contribution in [2.45, 2.75) is 19.3 Å². The second kappa shape index (κ2) is 7.95. The van der Waals surface area contributed by atoms with Gasteiger partial charge in [-0.1, -0.05) is 30.3 Å². The van der Waals surface area contributed by atoms with Crippen molar-refractivity contribution in [3.63, 3.8) is 0 Å². The van der Waals surface area contributed by atoms with Crippen LogP contribution in [0.25, 0.3) is 33.7 Å². The van der Waals surface area contributed by atoms with Gasteiger partial charge in [0, 0.05) is 29.1 Å². The second-order valence-corrected chi connectivity index (χ2v) is 7.21. The van der Waals surface area contributed by atoms with Crippen molar-refractivity contribution in [3.8, 4) is 28.5 Å². The van der Waals surface area contributed by atoms with E-state index in [-0.39, 0.29) is 0 Å². The molecular weight excluding hydrogens is 376 g/mol. The van der Waals surface area contributed by atoms with Gasteiger partial charge in [-0.25, -0.2) is 4.98 Å². The number of fused-ring (bicyclic) bond motifs is 1. The van der Waals surface area contributed by atoms with Crippen molar-refractivity contribution in [1.82, 2.24) is 9.97 Å². The third kappa shape index (κ3) is 3.50. The van der Waals surface area contributed by atoms with Gasteiger partial charge in [0.25, 0.3) is 0 Å². The first-order valence-electron chi connectivity index (χ1n) is 10.0. The number of ether oxygens (including phenoxy) is 1. The van der Waals surface area contributed by atoms with Gasteiger partial charge < -0.3 is 18.6 Å². The van der Waals surface area contributed by atoms with Crippen LogP contribution in [0.2, 0.25) is 0 Å². The van der Waals surface area contributed by atoms with Gasteiger partial charge in [0.05, 0.1) is 13.4 Å². The molecule has 0 saturated carbocycles. The number of aryl methyl sites for hydroxylation is 2. The Morgan fingerprint density at radius 2 is 1.93 bits per heavy atom. The molecule has 5 nitrogen and oxygen atoms in total. The average molecular weight is 398 g/mol. The summed E-state index contributed by atoms with van der Waals surface area (Å²) in [6, 6.07) is 19.9. The van der Waals surface area contributed by atoms with Crippen molar-refractivity contribution >= 4 is 10.9 Å². The Kier molecular flexibility index (Phi) is 4.85. The molecule has 0 aliphatic rings. The molecule has 5 heteroatoms. The maximum atomic E-state index is 6.20. The summed E-state index contributed by atoms with van der Waals surface area (Å²) in [5.41, 5.74) is 4.12. The van der Waals surface area contributed by atoms with Crippen LogP contribution in [-0.4, -0.2) is 17.1 Å². The van der Waals surface area contributed by atoms with E-state index in [0.717, 1.165) is 36.3 Å². The summed E-state index contributed by atoms with van der Waals surface area (Å²) in [5, 5.41) is 1.28. The number of methoxy groups -OCH3 is 1. The number of para-hydroxylation sites is 1. The van der Waals surface area contributed by atoms with Gasteiger partial charge in [0.2, 0.25) is 0 Å². The predicted molar refractivity (Wildman–Crippen MR) is 117 cm³/mol. The molecule has 0 atom stereocenters. The molecule has 0 unspecified atom stereocenters. The zero-order valence-corrected chi connectivity index (χ0v) is 16.7. The average Bonchev–Trinajstić information content (AvgIpc) is 3.54. The van der Waals surface area contributed by atoms with Gasteiger partial charge in [-0.3, -0.25) is 0 Å². The van der Waals surface area contributed by atoms with Crippen molar-refractivity contribution in [2.24, 2.45) is 0 Å². The topological polar surface area (TPSA) is 64.2 Å². The predicted octanol–water partition coefficient (Wildman–Crippen LogP) is 6.27. The van der Waals surface area contributed by atoms with Crippen LogP contribution < -0.4 is 4.74 Å². The number of nitrogens with zero attached hydrogens (tertiary/aromatic N) is 1. The summed E-state index contributed by atoms with van der Waals surface area (Å²) in [6.45, 7) is 0. The number of hydrogen-bond acceptors (Lipinski definition) is 4. The molecule has 30 heavy (non-hydrogen) atoms. The van der Waals surface area contributed by atoms with Crippen LogP contribution in [0.3, 0.4) is 0 Å². The molecule has 0 saturated heterocycles. The minimum absolute atomic E-state index is 0.694. The molecule has 5 aromatic rings. The van der Waals surface area contributed by atoms with Crippen molar-refractivity contribution in [2.75, 3.05) is 7.11 Å². The molecule has 0 aliphatic heterocycles. The molecule has 1 N–H and O–H groups in total. The monoisotopic (exact) mass is 398 g/mol. The molecule has 3 aromatic heterocycles. The minimum atomic E-state index is 0.694. The fraction of sp³-hybridized carbons (Fsp3) is 0.160. The molecule has 0 spiro atoms. The van der Waals surface area contributed by atoms with E-state index in [1.807, 2.05) is 42.5 Å². The highest BCUT2D eigenvalue weighted by molar-refractivity contribution is 5.83. The highest BCUT2D eigenvalue weighted by Crippen LogP contribution is 2.35. The van der Waals surface area contributed by atoms with Gasteiger partial charge in [0.15, 0.2) is 23.1 Å². The number of oxazole rings is 1. The third-order valence-electron chi connectivity index (χ3n) is 5.27. The minimum Gasteiger partial charge on any atom is -0.497 e. The lowest BCUT2D eigenvalue weighted by molar-refractivity contribution is 0.414. The Morgan fingerprint density at radius 3 is 2.80 bits per heavy atom. The largest absolute Gasteiger partial charge is 0.497 e. The highest BCUT2D eigenvalue weighted by Gasteiger charge is 2.19. The number of aromatic amines is 1. The van der Waals surface area contributed by atoms with Crippen LogP contribution in [0.4, 0.5) is 0 Å². The van der Waals surface area contributed by atoms with E-state index in [0.29, 0.717) is 17.4 Å². The standard InChI is InChI=1S/C25H22N2O3/c1-28-19-9-4-7-17(15-19)25-24(22-12-6-14-29-22)27-23(30-25)13-5-8-18-16-26-21-11-3-2-10-20(18)21/h2-4,6-7,9-12,14-16,26H,5,8,13H2,1H3. The maximum Gasteiger partial charge on any atom is 0.195 e. The first-order valence-corrected chi connectivity index (χ1v) is 10.0. The molecule has 0 radical (unpaired) electrons. The van der Waals surface area contributed by atoms with E-state index in [9.17, 15) is 0 Å². The van der Waals surface area contributed by atoms with E-state index in [1.54, 1.807) is 13.4 Å². The van der Waals surface area contributed by atoms with Crippen LogP contribution in [0.15, 0.2) is 82.0 Å². The van der Waals surface area contributed by atoms with Crippen LogP contribution in [0.1, 0.15) is 17.9 Å². The highest BCUT2D eigenvalue weighted by atomic mass is 16.5. The van der Waals surface area contributed by atoms with Crippen LogP contribution in [0.5, 0.6) is 5.75 Å². The normalized spacial score (nSPS) is 11.2. The first-order chi connectivity index (χ1) is 14.8. The lowest BCUT2D eigenvalue weighted by Gasteiger charge is -2.03. The van der Waals surface area contributed by atoms with Crippen molar-refractivity contribution in [3.05, 3.63) is 84.6 Å². The van der Waals surface area contributed by atoms with E-state index >= 15 is 0 Å². The number of benzene rings is 2. The summed E-state index contributed by atoms with van der Waals surface area (Å²) in [6.07, 6.45) is 6.39. The molecule has 0 bridgehead atoms. The Bertz CT molecular complexity index is 1260. The number of hydrogen-bond donors (Lipinski definition) is 1. The molecule has 0 amide bonds. The van der Waals surface area contributed by atoms with E-state index in [4.69, 9.17) is 18.6 Å². The maximum absolute atomic E-state index is 6.20.